The van der Waals surface area contributed by atoms with Crippen molar-refractivity contribution in [2.75, 3.05) is 13.1 Å². The molecule has 1 aliphatic heterocycles. The van der Waals surface area contributed by atoms with Crippen LogP contribution in [0.15, 0.2) is 0 Å². The Kier molecular flexibility index (Phi) is 4.13. The molecule has 1 unspecified atom stereocenters. The molecule has 1 amide bonds. The standard InChI is InChI=1S/C12H18N4O3/c1-8-13-11(15-14-8)12(19)16-6-2-3-9(7-16)4-5-10(17)18/h9H,2-7H2,1H3,(H,17,18)(H,13,14,15). The molecule has 0 spiro atoms. The van der Waals surface area contributed by atoms with Gasteiger partial charge in [-0.15, -0.1) is 5.10 Å². The number of aryl methyl sites for hydroxylation is 1. The summed E-state index contributed by atoms with van der Waals surface area (Å²) < 4.78 is 0. The van der Waals surface area contributed by atoms with Gasteiger partial charge in [-0.3, -0.25) is 14.7 Å². The van der Waals surface area contributed by atoms with Crippen LogP contribution in [0.4, 0.5) is 0 Å². The highest BCUT2D eigenvalue weighted by molar-refractivity contribution is 5.90. The van der Waals surface area contributed by atoms with Gasteiger partial charge < -0.3 is 10.0 Å². The van der Waals surface area contributed by atoms with Crippen LogP contribution < -0.4 is 0 Å². The van der Waals surface area contributed by atoms with Gasteiger partial charge in [-0.1, -0.05) is 0 Å². The summed E-state index contributed by atoms with van der Waals surface area (Å²) in [5.41, 5.74) is 0. The summed E-state index contributed by atoms with van der Waals surface area (Å²) in [7, 11) is 0. The molecule has 1 aromatic rings. The summed E-state index contributed by atoms with van der Waals surface area (Å²) in [5.74, 6) is 0.102. The number of nitrogens with zero attached hydrogens (tertiary/aromatic N) is 3. The lowest BCUT2D eigenvalue weighted by molar-refractivity contribution is -0.137. The zero-order valence-corrected chi connectivity index (χ0v) is 10.9. The van der Waals surface area contributed by atoms with Crippen LogP contribution in [0.5, 0.6) is 0 Å². The van der Waals surface area contributed by atoms with Crippen molar-refractivity contribution in [2.45, 2.75) is 32.6 Å². The van der Waals surface area contributed by atoms with Crippen molar-refractivity contribution >= 4 is 11.9 Å². The molecule has 0 saturated carbocycles. The predicted octanol–water partition coefficient (Wildman–Crippen LogP) is 0.830. The Morgan fingerprint density at radius 2 is 2.32 bits per heavy atom. The zero-order chi connectivity index (χ0) is 13.8. The number of aliphatic carboxylic acids is 1. The van der Waals surface area contributed by atoms with Crippen molar-refractivity contribution < 1.29 is 14.7 Å². The molecule has 1 atom stereocenters. The fraction of sp³-hybridized carbons (Fsp3) is 0.667. The highest BCUT2D eigenvalue weighted by Crippen LogP contribution is 2.21. The number of carbonyl (C=O) groups is 2. The SMILES string of the molecule is Cc1nc(C(=O)N2CCCC(CCC(=O)O)C2)n[nH]1. The highest BCUT2D eigenvalue weighted by atomic mass is 16.4. The molecule has 0 bridgehead atoms. The van der Waals surface area contributed by atoms with Gasteiger partial charge in [0, 0.05) is 19.5 Å². The van der Waals surface area contributed by atoms with Crippen molar-refractivity contribution in [3.8, 4) is 0 Å². The second-order valence-electron chi connectivity index (χ2n) is 4.94. The number of carboxylic acid groups (broad SMARTS) is 1. The molecule has 1 aromatic heterocycles. The summed E-state index contributed by atoms with van der Waals surface area (Å²) >= 11 is 0. The van der Waals surface area contributed by atoms with Crippen molar-refractivity contribution in [3.63, 3.8) is 0 Å². The van der Waals surface area contributed by atoms with E-state index in [0.29, 0.717) is 25.3 Å². The molecular formula is C12H18N4O3. The molecule has 1 fully saturated rings. The van der Waals surface area contributed by atoms with E-state index in [1.807, 2.05) is 0 Å². The Labute approximate surface area is 111 Å². The van der Waals surface area contributed by atoms with Crippen LogP contribution in [0.3, 0.4) is 0 Å². The maximum atomic E-state index is 12.2. The number of piperidine rings is 1. The molecule has 1 aliphatic rings. The van der Waals surface area contributed by atoms with Gasteiger partial charge in [0.15, 0.2) is 0 Å². The molecule has 7 heteroatoms. The first-order valence-electron chi connectivity index (χ1n) is 6.46. The minimum absolute atomic E-state index is 0.159. The lowest BCUT2D eigenvalue weighted by atomic mass is 9.93. The third-order valence-electron chi connectivity index (χ3n) is 3.36. The number of hydrogen-bond acceptors (Lipinski definition) is 4. The van der Waals surface area contributed by atoms with Crippen LogP contribution in [0.25, 0.3) is 0 Å². The van der Waals surface area contributed by atoms with Crippen LogP contribution in [0.1, 0.15) is 42.1 Å². The molecule has 0 aromatic carbocycles. The van der Waals surface area contributed by atoms with E-state index in [0.717, 1.165) is 12.8 Å². The van der Waals surface area contributed by atoms with E-state index in [1.54, 1.807) is 11.8 Å². The number of aromatic amines is 1. The zero-order valence-electron chi connectivity index (χ0n) is 10.9. The van der Waals surface area contributed by atoms with E-state index in [2.05, 4.69) is 15.2 Å². The van der Waals surface area contributed by atoms with Gasteiger partial charge in [0.25, 0.3) is 5.91 Å². The van der Waals surface area contributed by atoms with E-state index in [1.165, 1.54) is 0 Å². The summed E-state index contributed by atoms with van der Waals surface area (Å²) in [4.78, 5) is 28.5. The molecule has 0 aliphatic carbocycles. The third-order valence-corrected chi connectivity index (χ3v) is 3.36. The molecule has 2 N–H and O–H groups in total. The molecular weight excluding hydrogens is 248 g/mol. The fourth-order valence-corrected chi connectivity index (χ4v) is 2.39. The number of nitrogens with one attached hydrogen (secondary N) is 1. The Hall–Kier alpha value is -1.92. The molecule has 7 nitrogen and oxygen atoms in total. The van der Waals surface area contributed by atoms with Crippen LogP contribution in [0.2, 0.25) is 0 Å². The molecule has 104 valence electrons. The summed E-state index contributed by atoms with van der Waals surface area (Å²) in [6, 6.07) is 0. The smallest absolute Gasteiger partial charge is 0.303 e. The van der Waals surface area contributed by atoms with Crippen LogP contribution in [-0.2, 0) is 4.79 Å². The van der Waals surface area contributed by atoms with Gasteiger partial charge >= 0.3 is 5.97 Å². The number of carbonyl (C=O) groups excluding carboxylic acids is 1. The minimum Gasteiger partial charge on any atom is -0.481 e. The Morgan fingerprint density at radius 1 is 1.53 bits per heavy atom. The van der Waals surface area contributed by atoms with Crippen molar-refractivity contribution in [1.82, 2.24) is 20.1 Å². The first kappa shape index (κ1) is 13.5. The van der Waals surface area contributed by atoms with Gasteiger partial charge in [-0.25, -0.2) is 4.98 Å². The van der Waals surface area contributed by atoms with E-state index < -0.39 is 5.97 Å². The third kappa shape index (κ3) is 3.52. The number of rotatable bonds is 4. The number of amides is 1. The largest absolute Gasteiger partial charge is 0.481 e. The Balaban J connectivity index is 1.93. The Bertz CT molecular complexity index is 471. The van der Waals surface area contributed by atoms with E-state index in [9.17, 15) is 9.59 Å². The summed E-state index contributed by atoms with van der Waals surface area (Å²) in [6.45, 7) is 3.03. The summed E-state index contributed by atoms with van der Waals surface area (Å²) in [5, 5.41) is 15.2. The van der Waals surface area contributed by atoms with Gasteiger partial charge in [0.1, 0.15) is 5.82 Å². The van der Waals surface area contributed by atoms with E-state index >= 15 is 0 Å². The molecule has 2 heterocycles. The molecule has 0 radical (unpaired) electrons. The quantitative estimate of drug-likeness (QED) is 0.841. The maximum absolute atomic E-state index is 12.2. The predicted molar refractivity (Wildman–Crippen MR) is 66.6 cm³/mol. The topological polar surface area (TPSA) is 99.2 Å². The monoisotopic (exact) mass is 266 g/mol. The second kappa shape index (κ2) is 5.81. The second-order valence-corrected chi connectivity index (χ2v) is 4.94. The molecule has 1 saturated heterocycles. The number of carboxylic acids is 1. The summed E-state index contributed by atoms with van der Waals surface area (Å²) in [6.07, 6.45) is 2.65. The van der Waals surface area contributed by atoms with Crippen molar-refractivity contribution in [2.24, 2.45) is 5.92 Å². The first-order chi connectivity index (χ1) is 9.06. The molecule has 19 heavy (non-hydrogen) atoms. The van der Waals surface area contributed by atoms with Gasteiger partial charge in [-0.2, -0.15) is 0 Å². The first-order valence-corrected chi connectivity index (χ1v) is 6.46. The van der Waals surface area contributed by atoms with Gasteiger partial charge in [0.2, 0.25) is 5.82 Å². The van der Waals surface area contributed by atoms with Gasteiger partial charge in [0.05, 0.1) is 0 Å². The average Bonchev–Trinajstić information content (AvgIpc) is 2.82. The van der Waals surface area contributed by atoms with E-state index in [-0.39, 0.29) is 24.1 Å². The Morgan fingerprint density at radius 3 is 2.95 bits per heavy atom. The van der Waals surface area contributed by atoms with Crippen LogP contribution in [0, 0.1) is 12.8 Å². The normalized spacial score (nSPS) is 19.4. The van der Waals surface area contributed by atoms with Crippen molar-refractivity contribution in [3.05, 3.63) is 11.6 Å². The lowest BCUT2D eigenvalue weighted by Gasteiger charge is -2.31. The maximum Gasteiger partial charge on any atom is 0.303 e. The number of H-pyrrole nitrogens is 1. The van der Waals surface area contributed by atoms with Crippen LogP contribution in [-0.4, -0.2) is 50.2 Å². The average molecular weight is 266 g/mol. The van der Waals surface area contributed by atoms with Gasteiger partial charge in [-0.05, 0) is 32.1 Å². The number of aromatic nitrogens is 3. The minimum atomic E-state index is -0.784. The number of hydrogen-bond donors (Lipinski definition) is 2. The highest BCUT2D eigenvalue weighted by Gasteiger charge is 2.26. The molecule has 2 rings (SSSR count). The fourth-order valence-electron chi connectivity index (χ4n) is 2.39. The van der Waals surface area contributed by atoms with Crippen molar-refractivity contribution in [1.29, 1.82) is 0 Å². The van der Waals surface area contributed by atoms with E-state index in [4.69, 9.17) is 5.11 Å². The lowest BCUT2D eigenvalue weighted by Crippen LogP contribution is -2.40. The number of likely N-dealkylation sites (tertiary alicyclic amines) is 1. The van der Waals surface area contributed by atoms with Crippen LogP contribution >= 0.6 is 0 Å².